The number of halogens is 1. The molecule has 0 unspecified atom stereocenters. The van der Waals surface area contributed by atoms with Gasteiger partial charge < -0.3 is 15.0 Å². The molecule has 2 aliphatic rings. The molecule has 0 atom stereocenters. The van der Waals surface area contributed by atoms with Crippen LogP contribution in [0.1, 0.15) is 32.1 Å². The highest BCUT2D eigenvalue weighted by Crippen LogP contribution is 2.31. The molecule has 0 heterocycles. The van der Waals surface area contributed by atoms with Crippen molar-refractivity contribution >= 4 is 29.9 Å². The lowest BCUT2D eigenvalue weighted by Crippen LogP contribution is -2.41. The van der Waals surface area contributed by atoms with E-state index < -0.39 is 0 Å². The molecule has 2 aliphatic carbocycles. The summed E-state index contributed by atoms with van der Waals surface area (Å²) in [6.45, 7) is 3.71. The van der Waals surface area contributed by atoms with Crippen LogP contribution in [0.4, 0.5) is 0 Å². The number of likely N-dealkylation sites (N-methyl/N-ethyl adjacent to an activating group) is 1. The van der Waals surface area contributed by atoms with Crippen molar-refractivity contribution in [3.05, 3.63) is 0 Å². The third-order valence-corrected chi connectivity index (χ3v) is 3.73. The Morgan fingerprint density at radius 3 is 2.53 bits per heavy atom. The minimum Gasteiger partial charge on any atom is -0.379 e. The number of nitrogens with one attached hydrogen (secondary N) is 1. The molecule has 0 aromatic carbocycles. The Morgan fingerprint density at radius 1 is 1.26 bits per heavy atom. The monoisotopic (exact) mass is 381 g/mol. The first-order valence-corrected chi connectivity index (χ1v) is 7.29. The molecule has 19 heavy (non-hydrogen) atoms. The lowest BCUT2D eigenvalue weighted by Gasteiger charge is -2.22. The van der Waals surface area contributed by atoms with Gasteiger partial charge in [-0.2, -0.15) is 0 Å². The van der Waals surface area contributed by atoms with Crippen molar-refractivity contribution in [2.24, 2.45) is 16.8 Å². The Morgan fingerprint density at radius 2 is 1.95 bits per heavy atom. The Balaban J connectivity index is 0.00000180. The molecule has 0 spiro atoms. The molecule has 0 aromatic heterocycles. The normalized spacial score (nSPS) is 18.9. The molecule has 2 saturated carbocycles. The average molecular weight is 381 g/mol. The van der Waals surface area contributed by atoms with E-state index in [4.69, 9.17) is 4.74 Å². The third kappa shape index (κ3) is 7.34. The maximum Gasteiger partial charge on any atom is 0.193 e. The molecule has 112 valence electrons. The maximum absolute atomic E-state index is 5.65. The van der Waals surface area contributed by atoms with Gasteiger partial charge in [0.2, 0.25) is 0 Å². The summed E-state index contributed by atoms with van der Waals surface area (Å²) in [7, 11) is 3.92. The van der Waals surface area contributed by atoms with Crippen LogP contribution in [-0.2, 0) is 4.74 Å². The van der Waals surface area contributed by atoms with Crippen LogP contribution in [0.2, 0.25) is 0 Å². The topological polar surface area (TPSA) is 36.9 Å². The van der Waals surface area contributed by atoms with Gasteiger partial charge in [-0.15, -0.1) is 24.0 Å². The number of guanidine groups is 1. The van der Waals surface area contributed by atoms with Crippen LogP contribution in [0, 0.1) is 11.8 Å². The van der Waals surface area contributed by atoms with Gasteiger partial charge in [-0.05, 0) is 31.1 Å². The van der Waals surface area contributed by atoms with Gasteiger partial charge in [-0.3, -0.25) is 4.99 Å². The third-order valence-electron chi connectivity index (χ3n) is 3.73. The van der Waals surface area contributed by atoms with Crippen molar-refractivity contribution in [3.63, 3.8) is 0 Å². The number of hydrogen-bond donors (Lipinski definition) is 1. The highest BCUT2D eigenvalue weighted by atomic mass is 127. The molecule has 0 aromatic rings. The predicted octanol–water partition coefficient (Wildman–Crippen LogP) is 2.34. The molecule has 0 aliphatic heterocycles. The van der Waals surface area contributed by atoms with Crippen LogP contribution in [0.25, 0.3) is 0 Å². The second-order valence-electron chi connectivity index (χ2n) is 5.65. The first-order valence-electron chi connectivity index (χ1n) is 7.29. The molecular weight excluding hydrogens is 353 g/mol. The number of ether oxygens (including phenoxy) is 1. The van der Waals surface area contributed by atoms with Crippen molar-refractivity contribution < 1.29 is 4.74 Å². The van der Waals surface area contributed by atoms with E-state index in [1.54, 1.807) is 0 Å². The Labute approximate surface area is 134 Å². The molecule has 0 amide bonds. The summed E-state index contributed by atoms with van der Waals surface area (Å²) in [5, 5.41) is 3.42. The summed E-state index contributed by atoms with van der Waals surface area (Å²) in [4.78, 5) is 6.46. The molecule has 0 bridgehead atoms. The lowest BCUT2D eigenvalue weighted by atomic mass is 10.3. The van der Waals surface area contributed by atoms with Crippen LogP contribution in [0.15, 0.2) is 4.99 Å². The predicted molar refractivity (Wildman–Crippen MR) is 90.3 cm³/mol. The van der Waals surface area contributed by atoms with Gasteiger partial charge in [0.25, 0.3) is 0 Å². The smallest absolute Gasteiger partial charge is 0.193 e. The van der Waals surface area contributed by atoms with Crippen LogP contribution in [0.5, 0.6) is 0 Å². The van der Waals surface area contributed by atoms with E-state index in [9.17, 15) is 0 Å². The minimum atomic E-state index is 0. The van der Waals surface area contributed by atoms with Crippen LogP contribution >= 0.6 is 24.0 Å². The lowest BCUT2D eigenvalue weighted by molar-refractivity contribution is 0.115. The fourth-order valence-electron chi connectivity index (χ4n) is 2.02. The first-order chi connectivity index (χ1) is 8.79. The van der Waals surface area contributed by atoms with Crippen LogP contribution < -0.4 is 5.32 Å². The number of hydrogen-bond acceptors (Lipinski definition) is 2. The van der Waals surface area contributed by atoms with E-state index in [-0.39, 0.29) is 24.0 Å². The summed E-state index contributed by atoms with van der Waals surface area (Å²) < 4.78 is 5.65. The maximum atomic E-state index is 5.65. The summed E-state index contributed by atoms with van der Waals surface area (Å²) in [6, 6.07) is 0. The highest BCUT2D eigenvalue weighted by Gasteiger charge is 2.21. The second kappa shape index (κ2) is 9.00. The van der Waals surface area contributed by atoms with Crippen molar-refractivity contribution in [3.8, 4) is 0 Å². The molecule has 1 N–H and O–H groups in total. The largest absolute Gasteiger partial charge is 0.379 e. The number of nitrogens with zero attached hydrogens (tertiary/aromatic N) is 2. The van der Waals surface area contributed by atoms with Crippen molar-refractivity contribution in [1.82, 2.24) is 10.2 Å². The van der Waals surface area contributed by atoms with Crippen LogP contribution in [0.3, 0.4) is 0 Å². The molecule has 4 nitrogen and oxygen atoms in total. The zero-order valence-electron chi connectivity index (χ0n) is 12.2. The fourth-order valence-corrected chi connectivity index (χ4v) is 2.02. The number of rotatable bonds is 8. The van der Waals surface area contributed by atoms with Crippen molar-refractivity contribution in [2.75, 3.05) is 40.4 Å². The zero-order valence-corrected chi connectivity index (χ0v) is 14.6. The van der Waals surface area contributed by atoms with E-state index in [0.717, 1.165) is 44.1 Å². The highest BCUT2D eigenvalue weighted by molar-refractivity contribution is 14.0. The Bertz CT molecular complexity index is 278. The van der Waals surface area contributed by atoms with Crippen molar-refractivity contribution in [1.29, 1.82) is 0 Å². The molecule has 0 saturated heterocycles. The van der Waals surface area contributed by atoms with Gasteiger partial charge in [-0.25, -0.2) is 0 Å². The van der Waals surface area contributed by atoms with Gasteiger partial charge in [0, 0.05) is 33.8 Å². The molecule has 2 fully saturated rings. The average Bonchev–Trinajstić information content (AvgIpc) is 3.24. The van der Waals surface area contributed by atoms with Gasteiger partial charge in [0.05, 0.1) is 6.61 Å². The minimum absolute atomic E-state index is 0. The second-order valence-corrected chi connectivity index (χ2v) is 5.65. The van der Waals surface area contributed by atoms with E-state index in [1.165, 1.54) is 32.1 Å². The molecule has 2 rings (SSSR count). The zero-order chi connectivity index (χ0) is 12.8. The number of aliphatic imine (C=N–C) groups is 1. The molecule has 5 heteroatoms. The Hall–Kier alpha value is -0.0400. The van der Waals surface area contributed by atoms with Crippen LogP contribution in [-0.4, -0.2) is 51.3 Å². The standard InChI is InChI=1S/C14H27N3O.HI/c1-15-14(16-8-7-12-3-4-12)17(2)9-10-18-11-13-5-6-13;/h12-13H,3-11H2,1-2H3,(H,15,16);1H. The summed E-state index contributed by atoms with van der Waals surface area (Å²) in [5.41, 5.74) is 0. The summed E-state index contributed by atoms with van der Waals surface area (Å²) >= 11 is 0. The summed E-state index contributed by atoms with van der Waals surface area (Å²) in [5.74, 6) is 2.82. The van der Waals surface area contributed by atoms with Gasteiger partial charge in [0.15, 0.2) is 5.96 Å². The van der Waals surface area contributed by atoms with E-state index in [1.807, 2.05) is 7.05 Å². The van der Waals surface area contributed by atoms with E-state index in [0.29, 0.717) is 0 Å². The van der Waals surface area contributed by atoms with E-state index >= 15 is 0 Å². The van der Waals surface area contributed by atoms with Gasteiger partial charge in [0.1, 0.15) is 0 Å². The van der Waals surface area contributed by atoms with E-state index in [2.05, 4.69) is 22.3 Å². The Kier molecular flexibility index (Phi) is 8.06. The first kappa shape index (κ1) is 17.0. The quantitative estimate of drug-likeness (QED) is 0.304. The summed E-state index contributed by atoms with van der Waals surface area (Å²) in [6.07, 6.45) is 6.85. The molecular formula is C14H28IN3O. The van der Waals surface area contributed by atoms with Crippen molar-refractivity contribution in [2.45, 2.75) is 32.1 Å². The molecule has 0 radical (unpaired) electrons. The SMILES string of the molecule is CN=C(NCCC1CC1)N(C)CCOCC1CC1.I. The fraction of sp³-hybridized carbons (Fsp3) is 0.929. The van der Waals surface area contributed by atoms with Gasteiger partial charge in [-0.1, -0.05) is 12.8 Å². The van der Waals surface area contributed by atoms with Gasteiger partial charge >= 0.3 is 0 Å².